The molecule has 1 N–H and O–H groups in total. The number of H-pyrrole nitrogens is 1. The van der Waals surface area contributed by atoms with E-state index in [4.69, 9.17) is 0 Å². The van der Waals surface area contributed by atoms with Crippen LogP contribution >= 0.6 is 0 Å². The second-order valence-corrected chi connectivity index (χ2v) is 10.1. The van der Waals surface area contributed by atoms with Crippen LogP contribution < -0.4 is 0 Å². The summed E-state index contributed by atoms with van der Waals surface area (Å²) in [6.45, 7) is 4.60. The van der Waals surface area contributed by atoms with E-state index in [2.05, 4.69) is 31.2 Å². The summed E-state index contributed by atoms with van der Waals surface area (Å²) < 4.78 is 0. The van der Waals surface area contributed by atoms with E-state index >= 15 is 0 Å². The lowest BCUT2D eigenvalue weighted by atomic mass is 9.99. The van der Waals surface area contributed by atoms with E-state index in [0.717, 1.165) is 0 Å². The van der Waals surface area contributed by atoms with Crippen LogP contribution in [0.2, 0.25) is 0 Å². The third-order valence-corrected chi connectivity index (χ3v) is 7.03. The van der Waals surface area contributed by atoms with Crippen molar-refractivity contribution in [2.24, 2.45) is 0 Å². The largest absolute Gasteiger partial charge is 0.367 e. The zero-order valence-electron chi connectivity index (χ0n) is 21.6. The molecule has 0 aromatic carbocycles. The van der Waals surface area contributed by atoms with Crippen LogP contribution in [0.25, 0.3) is 0 Å². The van der Waals surface area contributed by atoms with Crippen LogP contribution in [-0.2, 0) is 12.8 Å². The molecule has 0 saturated heterocycles. The lowest BCUT2D eigenvalue weighted by Crippen LogP contribution is -1.92. The molecule has 31 heavy (non-hydrogen) atoms. The number of aromatic amines is 1. The molecule has 1 aromatic rings. The number of aromatic nitrogens is 1. The maximum Gasteiger partial charge on any atom is 0.00401 e. The van der Waals surface area contributed by atoms with Crippen LogP contribution in [0, 0.1) is 0 Å². The summed E-state index contributed by atoms with van der Waals surface area (Å²) in [6.07, 6.45) is 38.7. The van der Waals surface area contributed by atoms with E-state index < -0.39 is 0 Å². The van der Waals surface area contributed by atoms with E-state index in [0.29, 0.717) is 0 Å². The molecule has 0 radical (unpaired) electrons. The SMILES string of the molecule is CCCCCCCCCCCCCCc1c[nH]cc1CCCCCCCCCCCC. The Bertz CT molecular complexity index is 461. The molecule has 0 unspecified atom stereocenters. The maximum atomic E-state index is 3.38. The first-order chi connectivity index (χ1) is 15.4. The summed E-state index contributed by atoms with van der Waals surface area (Å²) in [4.78, 5) is 3.38. The predicted octanol–water partition coefficient (Wildman–Crippen LogP) is 10.7. The fourth-order valence-electron chi connectivity index (χ4n) is 4.85. The van der Waals surface area contributed by atoms with Gasteiger partial charge in [-0.2, -0.15) is 0 Å². The minimum absolute atomic E-state index is 1.29. The molecule has 0 fully saturated rings. The van der Waals surface area contributed by atoms with Crippen molar-refractivity contribution >= 4 is 0 Å². The Kier molecular flexibility index (Phi) is 20.5. The second kappa shape index (κ2) is 22.5. The molecule has 1 aromatic heterocycles. The molecule has 0 amide bonds. The predicted molar refractivity (Wildman–Crippen MR) is 141 cm³/mol. The number of aryl methyl sites for hydroxylation is 2. The summed E-state index contributed by atoms with van der Waals surface area (Å²) in [7, 11) is 0. The van der Waals surface area contributed by atoms with Gasteiger partial charge in [0.25, 0.3) is 0 Å². The Morgan fingerprint density at radius 2 is 0.645 bits per heavy atom. The third kappa shape index (κ3) is 17.5. The van der Waals surface area contributed by atoms with Crippen molar-refractivity contribution in [3.05, 3.63) is 23.5 Å². The standard InChI is InChI=1S/C30H57N/c1-3-5-7-9-11-13-15-16-18-20-22-24-26-30-28-31-27-29(30)25-23-21-19-17-14-12-10-8-6-4-2/h27-28,31H,3-26H2,1-2H3. The van der Waals surface area contributed by atoms with Crippen LogP contribution in [0.15, 0.2) is 12.4 Å². The first-order valence-corrected chi connectivity index (χ1v) is 14.5. The fourth-order valence-corrected chi connectivity index (χ4v) is 4.85. The zero-order chi connectivity index (χ0) is 22.2. The molecule has 0 spiro atoms. The topological polar surface area (TPSA) is 15.8 Å². The van der Waals surface area contributed by atoms with Gasteiger partial charge in [0.05, 0.1) is 0 Å². The van der Waals surface area contributed by atoms with Crippen LogP contribution in [0.3, 0.4) is 0 Å². The first kappa shape index (κ1) is 28.3. The van der Waals surface area contributed by atoms with Gasteiger partial charge in [0.2, 0.25) is 0 Å². The van der Waals surface area contributed by atoms with Crippen molar-refractivity contribution < 1.29 is 0 Å². The van der Waals surface area contributed by atoms with Gasteiger partial charge in [-0.25, -0.2) is 0 Å². The first-order valence-electron chi connectivity index (χ1n) is 14.5. The van der Waals surface area contributed by atoms with Gasteiger partial charge in [-0.1, -0.05) is 142 Å². The van der Waals surface area contributed by atoms with Crippen LogP contribution in [0.4, 0.5) is 0 Å². The van der Waals surface area contributed by atoms with Crippen molar-refractivity contribution in [1.29, 1.82) is 0 Å². The monoisotopic (exact) mass is 431 g/mol. The quantitative estimate of drug-likeness (QED) is 0.157. The van der Waals surface area contributed by atoms with Gasteiger partial charge in [0, 0.05) is 12.4 Å². The molecule has 0 aliphatic rings. The van der Waals surface area contributed by atoms with Gasteiger partial charge in [-0.3, -0.25) is 0 Å². The average molecular weight is 432 g/mol. The number of rotatable bonds is 24. The molecule has 0 aliphatic heterocycles. The van der Waals surface area contributed by atoms with Crippen molar-refractivity contribution in [2.45, 2.75) is 168 Å². The van der Waals surface area contributed by atoms with Gasteiger partial charge in [-0.05, 0) is 36.8 Å². The fraction of sp³-hybridized carbons (Fsp3) is 0.867. The number of hydrogen-bond donors (Lipinski definition) is 1. The third-order valence-electron chi connectivity index (χ3n) is 7.03. The highest BCUT2D eigenvalue weighted by Gasteiger charge is 2.04. The highest BCUT2D eigenvalue weighted by atomic mass is 14.6. The van der Waals surface area contributed by atoms with E-state index in [1.54, 1.807) is 11.1 Å². The van der Waals surface area contributed by atoms with Gasteiger partial charge >= 0.3 is 0 Å². The van der Waals surface area contributed by atoms with E-state index in [9.17, 15) is 0 Å². The summed E-state index contributed by atoms with van der Waals surface area (Å²) in [6, 6.07) is 0. The van der Waals surface area contributed by atoms with Gasteiger partial charge in [0.1, 0.15) is 0 Å². The minimum atomic E-state index is 1.29. The van der Waals surface area contributed by atoms with Crippen molar-refractivity contribution in [3.63, 3.8) is 0 Å². The van der Waals surface area contributed by atoms with Crippen LogP contribution in [0.1, 0.15) is 166 Å². The van der Waals surface area contributed by atoms with E-state index in [1.165, 1.54) is 154 Å². The molecule has 1 heteroatoms. The molecule has 182 valence electrons. The van der Waals surface area contributed by atoms with Crippen molar-refractivity contribution in [3.8, 4) is 0 Å². The van der Waals surface area contributed by atoms with Crippen LogP contribution in [0.5, 0.6) is 0 Å². The highest BCUT2D eigenvalue weighted by molar-refractivity contribution is 5.23. The molecular weight excluding hydrogens is 374 g/mol. The Labute approximate surface area is 196 Å². The number of unbranched alkanes of at least 4 members (excludes halogenated alkanes) is 20. The average Bonchev–Trinajstić information content (AvgIpc) is 3.23. The Hall–Kier alpha value is -0.720. The minimum Gasteiger partial charge on any atom is -0.367 e. The molecule has 1 heterocycles. The lowest BCUT2D eigenvalue weighted by Gasteiger charge is -2.06. The zero-order valence-corrected chi connectivity index (χ0v) is 21.6. The Morgan fingerprint density at radius 1 is 0.387 bits per heavy atom. The van der Waals surface area contributed by atoms with Gasteiger partial charge < -0.3 is 4.98 Å². The normalized spacial score (nSPS) is 11.4. The smallest absolute Gasteiger partial charge is 0.00401 e. The number of hydrogen-bond acceptors (Lipinski definition) is 0. The summed E-state index contributed by atoms with van der Waals surface area (Å²) in [5.41, 5.74) is 3.20. The lowest BCUT2D eigenvalue weighted by molar-refractivity contribution is 0.543. The van der Waals surface area contributed by atoms with Crippen molar-refractivity contribution in [2.75, 3.05) is 0 Å². The molecule has 0 atom stereocenters. The maximum absolute atomic E-state index is 3.38. The summed E-state index contributed by atoms with van der Waals surface area (Å²) in [5.74, 6) is 0. The number of nitrogens with one attached hydrogen (secondary N) is 1. The van der Waals surface area contributed by atoms with Crippen molar-refractivity contribution in [1.82, 2.24) is 4.98 Å². The Morgan fingerprint density at radius 3 is 0.935 bits per heavy atom. The van der Waals surface area contributed by atoms with Gasteiger partial charge in [-0.15, -0.1) is 0 Å². The van der Waals surface area contributed by atoms with E-state index in [-0.39, 0.29) is 0 Å². The summed E-state index contributed by atoms with van der Waals surface area (Å²) >= 11 is 0. The molecule has 1 nitrogen and oxygen atoms in total. The highest BCUT2D eigenvalue weighted by Crippen LogP contribution is 2.18. The molecular formula is C30H57N. The van der Waals surface area contributed by atoms with Gasteiger partial charge in [0.15, 0.2) is 0 Å². The summed E-state index contributed by atoms with van der Waals surface area (Å²) in [5, 5.41) is 0. The molecule has 0 bridgehead atoms. The Balaban J connectivity index is 1.91. The van der Waals surface area contributed by atoms with E-state index in [1.807, 2.05) is 0 Å². The second-order valence-electron chi connectivity index (χ2n) is 10.1. The molecule has 1 rings (SSSR count). The molecule has 0 saturated carbocycles. The van der Waals surface area contributed by atoms with Crippen LogP contribution in [-0.4, -0.2) is 4.98 Å². The molecule has 0 aliphatic carbocycles.